The number of ether oxygens (including phenoxy) is 2. The first-order chi connectivity index (χ1) is 24.7. The maximum atomic E-state index is 12.2. The molecule has 0 aromatic heterocycles. The highest BCUT2D eigenvalue weighted by Gasteiger charge is 2.13. The average Bonchev–Trinajstić information content (AvgIpc) is 3.12. The Bertz CT molecular complexity index is 623. The van der Waals surface area contributed by atoms with Crippen LogP contribution in [0.4, 0.5) is 0 Å². The number of aliphatic hydroxyl groups excluding tert-OH is 1. The Labute approximate surface area is 314 Å². The van der Waals surface area contributed by atoms with Gasteiger partial charge in [0, 0.05) is 13.0 Å². The van der Waals surface area contributed by atoms with Gasteiger partial charge in [-0.25, -0.2) is 0 Å². The molecule has 0 heterocycles. The van der Waals surface area contributed by atoms with Crippen molar-refractivity contribution >= 4 is 5.97 Å². The molecule has 0 spiro atoms. The molecule has 1 N–H and O–H groups in total. The third-order valence-corrected chi connectivity index (χ3v) is 10.7. The number of hydrogen-bond acceptors (Lipinski definition) is 4. The highest BCUT2D eigenvalue weighted by molar-refractivity contribution is 5.69. The second-order valence-corrected chi connectivity index (χ2v) is 15.8. The molecule has 0 aromatic carbocycles. The molecule has 0 aliphatic heterocycles. The highest BCUT2D eigenvalue weighted by Crippen LogP contribution is 2.17. The molecule has 1 unspecified atom stereocenters. The van der Waals surface area contributed by atoms with Crippen LogP contribution in [0.15, 0.2) is 0 Å². The lowest BCUT2D eigenvalue weighted by Gasteiger charge is -2.16. The number of unbranched alkanes of at least 4 members (excludes halogenated alkanes) is 36. The summed E-state index contributed by atoms with van der Waals surface area (Å²) in [4.78, 5) is 12.2. The fourth-order valence-electron chi connectivity index (χ4n) is 7.21. The molecule has 0 aliphatic rings. The molecule has 300 valence electrons. The lowest BCUT2D eigenvalue weighted by atomic mass is 10.0. The predicted molar refractivity (Wildman–Crippen MR) is 219 cm³/mol. The van der Waals surface area contributed by atoms with E-state index >= 15 is 0 Å². The van der Waals surface area contributed by atoms with Crippen LogP contribution in [-0.4, -0.2) is 37.0 Å². The second-order valence-electron chi connectivity index (χ2n) is 15.8. The van der Waals surface area contributed by atoms with E-state index in [1.165, 1.54) is 225 Å². The lowest BCUT2D eigenvalue weighted by Crippen LogP contribution is -2.27. The number of hydrogen-bond donors (Lipinski definition) is 1. The Kier molecular flexibility index (Phi) is 44.0. The predicted octanol–water partition coefficient (Wildman–Crippen LogP) is 15.2. The Morgan fingerprint density at radius 1 is 0.400 bits per heavy atom. The molecule has 0 bridgehead atoms. The normalized spacial score (nSPS) is 12.1. The quantitative estimate of drug-likeness (QED) is 0.0506. The van der Waals surface area contributed by atoms with Crippen molar-refractivity contribution in [1.82, 2.24) is 0 Å². The van der Waals surface area contributed by atoms with E-state index < -0.39 is 6.10 Å². The Morgan fingerprint density at radius 2 is 0.660 bits per heavy atom. The second kappa shape index (κ2) is 44.6. The van der Waals surface area contributed by atoms with Gasteiger partial charge in [0.1, 0.15) is 6.10 Å². The van der Waals surface area contributed by atoms with Crippen LogP contribution in [-0.2, 0) is 14.3 Å². The van der Waals surface area contributed by atoms with Crippen LogP contribution in [0.5, 0.6) is 0 Å². The van der Waals surface area contributed by atoms with Crippen molar-refractivity contribution in [3.05, 3.63) is 0 Å². The standard InChI is InChI=1S/C46H92O4/c1-3-5-7-9-11-13-15-17-19-21-22-23-24-25-26-27-29-31-33-35-37-39-41-46(48)50-45(43-47)44-49-42-40-38-36-34-32-30-28-20-18-16-14-12-10-8-6-4-2/h45,47H,3-44H2,1-2H3. The van der Waals surface area contributed by atoms with Crippen LogP contribution < -0.4 is 0 Å². The first kappa shape index (κ1) is 49.4. The SMILES string of the molecule is CCCCCCCCCCCCCCCCCCCCCCCCC(=O)OC(CO)COCCCCCCCCCCCCCCCCCC. The maximum absolute atomic E-state index is 12.2. The molecule has 1 atom stereocenters. The third kappa shape index (κ3) is 41.8. The van der Waals surface area contributed by atoms with Crippen LogP contribution in [0.3, 0.4) is 0 Å². The average molecular weight is 709 g/mol. The molecule has 0 aromatic rings. The molecule has 50 heavy (non-hydrogen) atoms. The van der Waals surface area contributed by atoms with Gasteiger partial charge in [-0.15, -0.1) is 0 Å². The van der Waals surface area contributed by atoms with E-state index in [1.54, 1.807) is 0 Å². The van der Waals surface area contributed by atoms with Gasteiger partial charge >= 0.3 is 5.97 Å². The van der Waals surface area contributed by atoms with Crippen molar-refractivity contribution < 1.29 is 19.4 Å². The molecular weight excluding hydrogens is 617 g/mol. The summed E-state index contributed by atoms with van der Waals surface area (Å²) in [5, 5.41) is 9.61. The maximum Gasteiger partial charge on any atom is 0.306 e. The van der Waals surface area contributed by atoms with Crippen molar-refractivity contribution in [3.63, 3.8) is 0 Å². The number of rotatable bonds is 44. The van der Waals surface area contributed by atoms with Crippen molar-refractivity contribution in [2.75, 3.05) is 19.8 Å². The van der Waals surface area contributed by atoms with Gasteiger partial charge in [-0.1, -0.05) is 245 Å². The zero-order chi connectivity index (χ0) is 36.3. The van der Waals surface area contributed by atoms with Crippen LogP contribution in [0.2, 0.25) is 0 Å². The number of aliphatic hydroxyl groups is 1. The largest absolute Gasteiger partial charge is 0.457 e. The number of carbonyl (C=O) groups is 1. The minimum Gasteiger partial charge on any atom is -0.457 e. The van der Waals surface area contributed by atoms with E-state index in [0.29, 0.717) is 19.6 Å². The lowest BCUT2D eigenvalue weighted by molar-refractivity contribution is -0.154. The van der Waals surface area contributed by atoms with E-state index in [0.717, 1.165) is 19.3 Å². The Balaban J connectivity index is 3.33. The highest BCUT2D eigenvalue weighted by atomic mass is 16.6. The Morgan fingerprint density at radius 3 is 0.940 bits per heavy atom. The minimum atomic E-state index is -0.525. The van der Waals surface area contributed by atoms with Crippen molar-refractivity contribution in [1.29, 1.82) is 0 Å². The molecular formula is C46H92O4. The van der Waals surface area contributed by atoms with E-state index in [1.807, 2.05) is 0 Å². The molecule has 0 rings (SSSR count). The van der Waals surface area contributed by atoms with Gasteiger partial charge < -0.3 is 14.6 Å². The smallest absolute Gasteiger partial charge is 0.306 e. The van der Waals surface area contributed by atoms with Gasteiger partial charge in [-0.05, 0) is 12.8 Å². The summed E-state index contributed by atoms with van der Waals surface area (Å²) in [5.41, 5.74) is 0. The summed E-state index contributed by atoms with van der Waals surface area (Å²) >= 11 is 0. The number of esters is 1. The first-order valence-corrected chi connectivity index (χ1v) is 23.1. The summed E-state index contributed by atoms with van der Waals surface area (Å²) in [7, 11) is 0. The first-order valence-electron chi connectivity index (χ1n) is 23.1. The van der Waals surface area contributed by atoms with Gasteiger partial charge in [-0.3, -0.25) is 4.79 Å². The van der Waals surface area contributed by atoms with E-state index in [4.69, 9.17) is 9.47 Å². The minimum absolute atomic E-state index is 0.163. The zero-order valence-electron chi connectivity index (χ0n) is 34.4. The molecule has 4 heteroatoms. The molecule has 0 saturated heterocycles. The molecule has 4 nitrogen and oxygen atoms in total. The molecule has 0 saturated carbocycles. The Hall–Kier alpha value is -0.610. The molecule has 0 radical (unpaired) electrons. The van der Waals surface area contributed by atoms with Gasteiger partial charge in [-0.2, -0.15) is 0 Å². The van der Waals surface area contributed by atoms with E-state index in [9.17, 15) is 9.90 Å². The number of carbonyl (C=O) groups excluding carboxylic acids is 1. The van der Waals surface area contributed by atoms with E-state index in [-0.39, 0.29) is 12.6 Å². The van der Waals surface area contributed by atoms with Crippen LogP contribution in [0.1, 0.15) is 264 Å². The fourth-order valence-corrected chi connectivity index (χ4v) is 7.21. The topological polar surface area (TPSA) is 55.8 Å². The van der Waals surface area contributed by atoms with Gasteiger partial charge in [0.25, 0.3) is 0 Å². The van der Waals surface area contributed by atoms with Crippen molar-refractivity contribution in [3.8, 4) is 0 Å². The summed E-state index contributed by atoms with van der Waals surface area (Å²) in [5.74, 6) is -0.191. The van der Waals surface area contributed by atoms with Crippen molar-refractivity contribution in [2.24, 2.45) is 0 Å². The summed E-state index contributed by atoms with van der Waals surface area (Å²) in [6.45, 7) is 5.41. The van der Waals surface area contributed by atoms with Crippen molar-refractivity contribution in [2.45, 2.75) is 270 Å². The summed E-state index contributed by atoms with van der Waals surface area (Å²) in [6.07, 6.45) is 51.8. The third-order valence-electron chi connectivity index (χ3n) is 10.7. The summed E-state index contributed by atoms with van der Waals surface area (Å²) < 4.78 is 11.2. The fraction of sp³-hybridized carbons (Fsp3) is 0.978. The van der Waals surface area contributed by atoms with Crippen LogP contribution >= 0.6 is 0 Å². The molecule has 0 fully saturated rings. The van der Waals surface area contributed by atoms with Crippen LogP contribution in [0.25, 0.3) is 0 Å². The van der Waals surface area contributed by atoms with Gasteiger partial charge in [0.2, 0.25) is 0 Å². The molecule has 0 aliphatic carbocycles. The van der Waals surface area contributed by atoms with Crippen LogP contribution in [0, 0.1) is 0 Å². The van der Waals surface area contributed by atoms with Gasteiger partial charge in [0.15, 0.2) is 0 Å². The van der Waals surface area contributed by atoms with E-state index in [2.05, 4.69) is 13.8 Å². The summed E-state index contributed by atoms with van der Waals surface area (Å²) in [6, 6.07) is 0. The zero-order valence-corrected chi connectivity index (χ0v) is 34.4. The van der Waals surface area contributed by atoms with Gasteiger partial charge in [0.05, 0.1) is 13.2 Å². The molecule has 0 amide bonds. The monoisotopic (exact) mass is 709 g/mol.